The largest absolute Gasteiger partial charge is 0.310 e. The van der Waals surface area contributed by atoms with Crippen molar-refractivity contribution in [3.8, 4) is 0 Å². The molecule has 1 N–H and O–H groups in total. The molecule has 0 saturated carbocycles. The molecule has 1 fully saturated rings. The molecule has 2 nitrogen and oxygen atoms in total. The average molecular weight is 198 g/mol. The Morgan fingerprint density at radius 3 is 2.79 bits per heavy atom. The molecule has 0 bridgehead atoms. The molecule has 1 saturated heterocycles. The standard InChI is InChI=1S/C12H26N2/c1-4-5-6-7-11(2)13-12-8-9-14(3)10-12/h11-13H,4-10H2,1-3H3/t11-,12+/m0/s1. The van der Waals surface area contributed by atoms with E-state index in [1.54, 1.807) is 0 Å². The molecule has 84 valence electrons. The van der Waals surface area contributed by atoms with Gasteiger partial charge < -0.3 is 10.2 Å². The number of nitrogens with zero attached hydrogens (tertiary/aromatic N) is 1. The maximum absolute atomic E-state index is 3.73. The van der Waals surface area contributed by atoms with E-state index in [1.165, 1.54) is 45.2 Å². The molecule has 0 aromatic carbocycles. The van der Waals surface area contributed by atoms with Gasteiger partial charge in [-0.2, -0.15) is 0 Å². The van der Waals surface area contributed by atoms with Crippen molar-refractivity contribution >= 4 is 0 Å². The molecule has 1 rings (SSSR count). The van der Waals surface area contributed by atoms with Gasteiger partial charge in [0.2, 0.25) is 0 Å². The van der Waals surface area contributed by atoms with Crippen LogP contribution in [0, 0.1) is 0 Å². The number of likely N-dealkylation sites (tertiary alicyclic amines) is 1. The SMILES string of the molecule is CCCCC[C@H](C)N[C@@H]1CCN(C)C1. The number of rotatable bonds is 6. The number of likely N-dealkylation sites (N-methyl/N-ethyl adjacent to an activating group) is 1. The van der Waals surface area contributed by atoms with Crippen LogP contribution in [0.2, 0.25) is 0 Å². The van der Waals surface area contributed by atoms with Gasteiger partial charge in [0.25, 0.3) is 0 Å². The van der Waals surface area contributed by atoms with E-state index in [9.17, 15) is 0 Å². The van der Waals surface area contributed by atoms with Crippen LogP contribution in [0.5, 0.6) is 0 Å². The Kier molecular flexibility index (Phi) is 5.49. The summed E-state index contributed by atoms with van der Waals surface area (Å²) in [7, 11) is 2.21. The van der Waals surface area contributed by atoms with Gasteiger partial charge in [0, 0.05) is 18.6 Å². The van der Waals surface area contributed by atoms with Gasteiger partial charge in [0.05, 0.1) is 0 Å². The van der Waals surface area contributed by atoms with Gasteiger partial charge in [-0.15, -0.1) is 0 Å². The summed E-state index contributed by atoms with van der Waals surface area (Å²) in [6, 6.07) is 1.45. The van der Waals surface area contributed by atoms with Crippen molar-refractivity contribution in [1.29, 1.82) is 0 Å². The molecule has 1 aliphatic heterocycles. The van der Waals surface area contributed by atoms with E-state index in [0.717, 1.165) is 6.04 Å². The lowest BCUT2D eigenvalue weighted by molar-refractivity contribution is 0.376. The summed E-state index contributed by atoms with van der Waals surface area (Å²) >= 11 is 0. The fourth-order valence-corrected chi connectivity index (χ4v) is 2.26. The first-order valence-corrected chi connectivity index (χ1v) is 6.17. The van der Waals surface area contributed by atoms with Crippen molar-refractivity contribution < 1.29 is 0 Å². The maximum atomic E-state index is 3.73. The van der Waals surface area contributed by atoms with Crippen LogP contribution in [-0.2, 0) is 0 Å². The zero-order valence-electron chi connectivity index (χ0n) is 10.1. The normalized spacial score (nSPS) is 25.5. The van der Waals surface area contributed by atoms with E-state index >= 15 is 0 Å². The fraction of sp³-hybridized carbons (Fsp3) is 1.00. The highest BCUT2D eigenvalue weighted by atomic mass is 15.2. The molecule has 0 unspecified atom stereocenters. The Morgan fingerprint density at radius 1 is 1.43 bits per heavy atom. The molecule has 1 heterocycles. The Hall–Kier alpha value is -0.0800. The van der Waals surface area contributed by atoms with Gasteiger partial charge in [-0.1, -0.05) is 26.2 Å². The summed E-state index contributed by atoms with van der Waals surface area (Å²) in [6.07, 6.45) is 6.77. The van der Waals surface area contributed by atoms with Crippen LogP contribution >= 0.6 is 0 Å². The highest BCUT2D eigenvalue weighted by Gasteiger charge is 2.20. The second kappa shape index (κ2) is 6.41. The lowest BCUT2D eigenvalue weighted by Crippen LogP contribution is -2.38. The van der Waals surface area contributed by atoms with Crippen molar-refractivity contribution in [2.24, 2.45) is 0 Å². The first-order chi connectivity index (χ1) is 6.72. The highest BCUT2D eigenvalue weighted by molar-refractivity contribution is 4.80. The van der Waals surface area contributed by atoms with Crippen LogP contribution in [0.1, 0.15) is 46.0 Å². The van der Waals surface area contributed by atoms with E-state index in [-0.39, 0.29) is 0 Å². The minimum atomic E-state index is 0.707. The summed E-state index contributed by atoms with van der Waals surface area (Å²) in [6.45, 7) is 7.09. The van der Waals surface area contributed by atoms with E-state index in [1.807, 2.05) is 0 Å². The number of unbranched alkanes of at least 4 members (excludes halogenated alkanes) is 2. The Balaban J connectivity index is 2.05. The Morgan fingerprint density at radius 2 is 2.21 bits per heavy atom. The zero-order chi connectivity index (χ0) is 10.4. The van der Waals surface area contributed by atoms with Crippen LogP contribution < -0.4 is 5.32 Å². The van der Waals surface area contributed by atoms with Crippen molar-refractivity contribution in [1.82, 2.24) is 10.2 Å². The summed E-state index contributed by atoms with van der Waals surface area (Å²) in [4.78, 5) is 2.41. The number of nitrogens with one attached hydrogen (secondary N) is 1. The van der Waals surface area contributed by atoms with E-state index in [2.05, 4.69) is 31.1 Å². The van der Waals surface area contributed by atoms with Gasteiger partial charge in [-0.25, -0.2) is 0 Å². The molecular formula is C12H26N2. The van der Waals surface area contributed by atoms with Crippen LogP contribution in [0.25, 0.3) is 0 Å². The van der Waals surface area contributed by atoms with Crippen LogP contribution in [-0.4, -0.2) is 37.1 Å². The molecule has 2 atom stereocenters. The second-order valence-corrected chi connectivity index (χ2v) is 4.81. The molecule has 1 aliphatic rings. The third-order valence-electron chi connectivity index (χ3n) is 3.15. The lowest BCUT2D eigenvalue weighted by Gasteiger charge is -2.19. The fourth-order valence-electron chi connectivity index (χ4n) is 2.26. The zero-order valence-corrected chi connectivity index (χ0v) is 10.1. The van der Waals surface area contributed by atoms with Crippen molar-refractivity contribution in [3.05, 3.63) is 0 Å². The van der Waals surface area contributed by atoms with Crippen molar-refractivity contribution in [2.75, 3.05) is 20.1 Å². The topological polar surface area (TPSA) is 15.3 Å². The van der Waals surface area contributed by atoms with Gasteiger partial charge in [0.15, 0.2) is 0 Å². The van der Waals surface area contributed by atoms with E-state index in [0.29, 0.717) is 6.04 Å². The minimum Gasteiger partial charge on any atom is -0.310 e. The second-order valence-electron chi connectivity index (χ2n) is 4.81. The average Bonchev–Trinajstić information content (AvgIpc) is 2.52. The highest BCUT2D eigenvalue weighted by Crippen LogP contribution is 2.09. The van der Waals surface area contributed by atoms with Crippen LogP contribution in [0.15, 0.2) is 0 Å². The number of hydrogen-bond acceptors (Lipinski definition) is 2. The van der Waals surface area contributed by atoms with Crippen molar-refractivity contribution in [3.63, 3.8) is 0 Å². The lowest BCUT2D eigenvalue weighted by atomic mass is 10.1. The molecule has 14 heavy (non-hydrogen) atoms. The maximum Gasteiger partial charge on any atom is 0.0209 e. The third kappa shape index (κ3) is 4.43. The predicted octanol–water partition coefficient (Wildman–Crippen LogP) is 2.25. The van der Waals surface area contributed by atoms with Gasteiger partial charge in [0.1, 0.15) is 0 Å². The first kappa shape index (κ1) is 12.0. The van der Waals surface area contributed by atoms with E-state index < -0.39 is 0 Å². The molecular weight excluding hydrogens is 172 g/mol. The number of hydrogen-bond donors (Lipinski definition) is 1. The Bertz CT molecular complexity index is 147. The molecule has 2 heteroatoms. The smallest absolute Gasteiger partial charge is 0.0209 e. The Labute approximate surface area is 89.1 Å². The molecule has 0 aromatic rings. The first-order valence-electron chi connectivity index (χ1n) is 6.17. The summed E-state index contributed by atoms with van der Waals surface area (Å²) in [5.74, 6) is 0. The van der Waals surface area contributed by atoms with E-state index in [4.69, 9.17) is 0 Å². The summed E-state index contributed by atoms with van der Waals surface area (Å²) in [5, 5.41) is 3.73. The van der Waals surface area contributed by atoms with Gasteiger partial charge in [-0.05, 0) is 33.4 Å². The van der Waals surface area contributed by atoms with Crippen LogP contribution in [0.3, 0.4) is 0 Å². The molecule has 0 amide bonds. The molecule has 0 aliphatic carbocycles. The summed E-state index contributed by atoms with van der Waals surface area (Å²) < 4.78 is 0. The predicted molar refractivity (Wildman–Crippen MR) is 62.6 cm³/mol. The molecule has 0 aromatic heterocycles. The van der Waals surface area contributed by atoms with Crippen LogP contribution in [0.4, 0.5) is 0 Å². The molecule has 0 spiro atoms. The monoisotopic (exact) mass is 198 g/mol. The third-order valence-corrected chi connectivity index (χ3v) is 3.15. The van der Waals surface area contributed by atoms with Crippen molar-refractivity contribution in [2.45, 2.75) is 58.0 Å². The summed E-state index contributed by atoms with van der Waals surface area (Å²) in [5.41, 5.74) is 0. The van der Waals surface area contributed by atoms with Gasteiger partial charge in [-0.3, -0.25) is 0 Å². The molecule has 0 radical (unpaired) electrons. The van der Waals surface area contributed by atoms with Gasteiger partial charge >= 0.3 is 0 Å². The quantitative estimate of drug-likeness (QED) is 0.659. The minimum absolute atomic E-state index is 0.707.